The number of benzene rings is 3. The number of rotatable bonds is 4. The summed E-state index contributed by atoms with van der Waals surface area (Å²) in [7, 11) is 0. The van der Waals surface area contributed by atoms with Crippen LogP contribution in [0.3, 0.4) is 0 Å². The molecule has 3 aromatic carbocycles. The lowest BCUT2D eigenvalue weighted by atomic mass is 10.1. The minimum absolute atomic E-state index is 0.128. The zero-order valence-electron chi connectivity index (χ0n) is 16.9. The predicted octanol–water partition coefficient (Wildman–Crippen LogP) is 4.38. The minimum atomic E-state index is -1.04. The van der Waals surface area contributed by atoms with Crippen LogP contribution in [-0.2, 0) is 9.53 Å². The van der Waals surface area contributed by atoms with E-state index in [1.54, 1.807) is 24.3 Å². The fourth-order valence-electron chi connectivity index (χ4n) is 3.67. The van der Waals surface area contributed by atoms with Gasteiger partial charge >= 0.3 is 0 Å². The Bertz CT molecular complexity index is 1390. The number of carbonyl (C=O) groups is 1. The van der Waals surface area contributed by atoms with Crippen LogP contribution in [0.1, 0.15) is 24.4 Å². The Hall–Kier alpha value is -4.53. The summed E-state index contributed by atoms with van der Waals surface area (Å²) in [6.45, 7) is 1.32. The second-order valence-electron chi connectivity index (χ2n) is 7.28. The van der Waals surface area contributed by atoms with E-state index < -0.39 is 17.1 Å². The van der Waals surface area contributed by atoms with Crippen LogP contribution < -0.4 is 0 Å². The molecule has 0 aliphatic carbocycles. The minimum Gasteiger partial charge on any atom is -0.444 e. The van der Waals surface area contributed by atoms with E-state index in [1.165, 1.54) is 13.0 Å². The monoisotopic (exact) mass is 427 g/mol. The third-order valence-corrected chi connectivity index (χ3v) is 5.22. The number of para-hydroxylation sites is 1. The molecule has 0 unspecified atom stereocenters. The number of hydrogen-bond donors (Lipinski definition) is 1. The molecule has 9 heteroatoms. The van der Waals surface area contributed by atoms with Gasteiger partial charge in [0.25, 0.3) is 11.6 Å². The van der Waals surface area contributed by atoms with Gasteiger partial charge in [0.2, 0.25) is 12.1 Å². The van der Waals surface area contributed by atoms with Crippen molar-refractivity contribution < 1.29 is 14.5 Å². The molecule has 9 nitrogen and oxygen atoms in total. The van der Waals surface area contributed by atoms with Gasteiger partial charge in [0.1, 0.15) is 5.69 Å². The molecule has 0 saturated heterocycles. The molecule has 1 amide bonds. The Labute approximate surface area is 182 Å². The molecule has 158 valence electrons. The number of aromatic nitrogens is 2. The van der Waals surface area contributed by atoms with Gasteiger partial charge in [0.15, 0.2) is 0 Å². The number of hydrazone groups is 1. The van der Waals surface area contributed by atoms with Gasteiger partial charge in [-0.15, -0.1) is 5.10 Å². The van der Waals surface area contributed by atoms with Gasteiger partial charge in [-0.25, -0.2) is 0 Å². The van der Waals surface area contributed by atoms with Gasteiger partial charge in [-0.2, -0.15) is 10.1 Å². The fourth-order valence-corrected chi connectivity index (χ4v) is 3.67. The first kappa shape index (κ1) is 19.4. The van der Waals surface area contributed by atoms with Crippen LogP contribution in [-0.4, -0.2) is 31.9 Å². The van der Waals surface area contributed by atoms with Gasteiger partial charge in [0.05, 0.1) is 16.2 Å². The summed E-state index contributed by atoms with van der Waals surface area (Å²) < 4.78 is 5.90. The van der Waals surface area contributed by atoms with E-state index in [9.17, 15) is 14.9 Å². The van der Waals surface area contributed by atoms with Crippen LogP contribution in [0.2, 0.25) is 0 Å². The number of amides is 1. The zero-order valence-corrected chi connectivity index (χ0v) is 16.9. The maximum atomic E-state index is 12.2. The van der Waals surface area contributed by atoms with Gasteiger partial charge in [-0.05, 0) is 29.0 Å². The molecule has 1 N–H and O–H groups in total. The molecule has 0 radical (unpaired) electrons. The van der Waals surface area contributed by atoms with Gasteiger partial charge in [-0.1, -0.05) is 48.5 Å². The fraction of sp³-hybridized carbons (Fsp3) is 0.0870. The van der Waals surface area contributed by atoms with Crippen molar-refractivity contribution in [3.8, 4) is 11.3 Å². The van der Waals surface area contributed by atoms with E-state index in [0.29, 0.717) is 11.4 Å². The van der Waals surface area contributed by atoms with Crippen molar-refractivity contribution in [1.82, 2.24) is 15.2 Å². The molecule has 0 spiro atoms. The Kier molecular flexibility index (Phi) is 4.63. The van der Waals surface area contributed by atoms with Crippen molar-refractivity contribution in [2.45, 2.75) is 13.2 Å². The molecule has 1 aliphatic rings. The molecule has 4 aromatic rings. The van der Waals surface area contributed by atoms with Crippen molar-refractivity contribution in [3.05, 3.63) is 94.2 Å². The first-order valence-corrected chi connectivity index (χ1v) is 9.84. The lowest BCUT2D eigenvalue weighted by Crippen LogP contribution is -2.25. The smallest absolute Gasteiger partial charge is 0.278 e. The molecular formula is C23H17N5O4. The maximum Gasteiger partial charge on any atom is 0.278 e. The summed E-state index contributed by atoms with van der Waals surface area (Å²) in [4.78, 5) is 23.1. The largest absolute Gasteiger partial charge is 0.444 e. The number of ether oxygens (including phenoxy) is 1. The Balaban J connectivity index is 1.48. The number of fused-ring (bicyclic) bond motifs is 1. The molecule has 0 saturated carbocycles. The molecule has 1 atom stereocenters. The number of hydrogen-bond acceptors (Lipinski definition) is 6. The van der Waals surface area contributed by atoms with E-state index in [1.807, 2.05) is 42.5 Å². The van der Waals surface area contributed by atoms with Gasteiger partial charge in [0, 0.05) is 18.6 Å². The Morgan fingerprint density at radius 3 is 2.59 bits per heavy atom. The molecule has 0 fully saturated rings. The van der Waals surface area contributed by atoms with Gasteiger partial charge in [-0.3, -0.25) is 20.0 Å². The Morgan fingerprint density at radius 2 is 1.81 bits per heavy atom. The number of nitro benzene ring substituents is 1. The molecule has 32 heavy (non-hydrogen) atoms. The van der Waals surface area contributed by atoms with E-state index in [4.69, 9.17) is 4.74 Å². The summed E-state index contributed by atoms with van der Waals surface area (Å²) in [6, 6.07) is 21.9. The third-order valence-electron chi connectivity index (χ3n) is 5.22. The molecule has 1 aliphatic heterocycles. The third kappa shape index (κ3) is 3.35. The highest BCUT2D eigenvalue weighted by Gasteiger charge is 2.37. The molecule has 5 rings (SSSR count). The van der Waals surface area contributed by atoms with E-state index in [-0.39, 0.29) is 17.1 Å². The number of aromatic amines is 1. The number of nitrogens with zero attached hydrogens (tertiary/aromatic N) is 4. The summed E-state index contributed by atoms with van der Waals surface area (Å²) in [5.74, 6) is -0.277. The van der Waals surface area contributed by atoms with Crippen LogP contribution in [0.25, 0.3) is 22.0 Å². The van der Waals surface area contributed by atoms with E-state index in [0.717, 1.165) is 21.3 Å². The lowest BCUT2D eigenvalue weighted by molar-refractivity contribution is -0.386. The molecular weight excluding hydrogens is 410 g/mol. The van der Waals surface area contributed by atoms with Crippen molar-refractivity contribution in [2.75, 3.05) is 0 Å². The highest BCUT2D eigenvalue weighted by molar-refractivity contribution is 5.96. The van der Waals surface area contributed by atoms with Crippen LogP contribution in [0.15, 0.2) is 77.9 Å². The summed E-state index contributed by atoms with van der Waals surface area (Å²) in [5.41, 5.74) is 2.13. The highest BCUT2D eigenvalue weighted by atomic mass is 16.6. The highest BCUT2D eigenvalue weighted by Crippen LogP contribution is 2.35. The Morgan fingerprint density at radius 1 is 1.06 bits per heavy atom. The quantitative estimate of drug-likeness (QED) is 0.384. The van der Waals surface area contributed by atoms with Crippen LogP contribution in [0, 0.1) is 10.1 Å². The molecule has 0 bridgehead atoms. The van der Waals surface area contributed by atoms with Gasteiger partial charge < -0.3 is 4.74 Å². The maximum absolute atomic E-state index is 12.2. The average molecular weight is 427 g/mol. The number of nitro groups is 1. The van der Waals surface area contributed by atoms with Crippen LogP contribution in [0.5, 0.6) is 0 Å². The lowest BCUT2D eigenvalue weighted by Gasteiger charge is -2.18. The summed E-state index contributed by atoms with van der Waals surface area (Å²) >= 11 is 0. The van der Waals surface area contributed by atoms with Crippen LogP contribution in [0.4, 0.5) is 5.69 Å². The predicted molar refractivity (Wildman–Crippen MR) is 118 cm³/mol. The summed E-state index contributed by atoms with van der Waals surface area (Å²) in [6.07, 6.45) is -1.04. The number of H-pyrrole nitrogens is 1. The summed E-state index contributed by atoms with van der Waals surface area (Å²) in [5, 5.41) is 26.3. The number of nitrogens with one attached hydrogen (secondary N) is 1. The van der Waals surface area contributed by atoms with Crippen molar-refractivity contribution in [1.29, 1.82) is 0 Å². The standard InChI is InChI=1S/C23H17N5O4/c1-14(29)27-23(18-8-4-5-9-21(18)28(30)31)32-22(26-27)20-13-19(24-25-20)17-11-10-15-6-2-3-7-16(15)12-17/h2-13,23H,1H3,(H,24,25)/t23-/m0/s1. The second kappa shape index (κ2) is 7.62. The topological polar surface area (TPSA) is 114 Å². The van der Waals surface area contributed by atoms with E-state index in [2.05, 4.69) is 15.3 Å². The van der Waals surface area contributed by atoms with Crippen molar-refractivity contribution >= 4 is 28.3 Å². The first-order valence-electron chi connectivity index (χ1n) is 9.84. The SMILES string of the molecule is CC(=O)N1N=C(c2cc(-c3ccc4ccccc4c3)n[nH]2)O[C@H]1c1ccccc1[N+](=O)[O-]. The van der Waals surface area contributed by atoms with Crippen molar-refractivity contribution in [3.63, 3.8) is 0 Å². The molecule has 1 aromatic heterocycles. The second-order valence-corrected chi connectivity index (χ2v) is 7.28. The first-order chi connectivity index (χ1) is 15.5. The number of carbonyl (C=O) groups excluding carboxylic acids is 1. The average Bonchev–Trinajstić information content (AvgIpc) is 3.46. The van der Waals surface area contributed by atoms with Crippen molar-refractivity contribution in [2.24, 2.45) is 5.10 Å². The molecule has 2 heterocycles. The normalized spacial score (nSPS) is 15.5. The zero-order chi connectivity index (χ0) is 22.2. The van der Waals surface area contributed by atoms with Crippen LogP contribution >= 0.6 is 0 Å². The van der Waals surface area contributed by atoms with E-state index >= 15 is 0 Å².